The molecule has 0 radical (unpaired) electrons. The monoisotopic (exact) mass is 378 g/mol. The molecule has 0 unspecified atom stereocenters. The Bertz CT molecular complexity index is 721. The van der Waals surface area contributed by atoms with Gasteiger partial charge in [0.2, 0.25) is 5.78 Å². The number of halogens is 2. The molecule has 94 valence electrons. The Balaban J connectivity index is 2.07. The van der Waals surface area contributed by atoms with Gasteiger partial charge in [0.15, 0.2) is 5.76 Å². The summed E-state index contributed by atoms with van der Waals surface area (Å²) in [4.78, 5) is 12.4. The molecule has 0 atom stereocenters. The highest BCUT2D eigenvalue weighted by Gasteiger charge is 2.15. The molecular weight excluding hydrogens is 372 g/mol. The number of benzene rings is 2. The van der Waals surface area contributed by atoms with Gasteiger partial charge in [-0.3, -0.25) is 4.79 Å². The molecule has 4 heteroatoms. The number of hydrogen-bond donors (Lipinski definition) is 0. The van der Waals surface area contributed by atoms with Crippen molar-refractivity contribution in [3.63, 3.8) is 0 Å². The van der Waals surface area contributed by atoms with E-state index in [1.54, 1.807) is 18.2 Å². The van der Waals surface area contributed by atoms with Crippen molar-refractivity contribution in [3.8, 4) is 0 Å². The van der Waals surface area contributed by atoms with Gasteiger partial charge in [0.1, 0.15) is 5.58 Å². The van der Waals surface area contributed by atoms with Crippen LogP contribution in [0.3, 0.4) is 0 Å². The molecular formula is C15H8Br2O2. The van der Waals surface area contributed by atoms with E-state index in [2.05, 4.69) is 31.9 Å². The SMILES string of the molecule is O=C(c1cc(Br)cc(Br)c1)c1cc2ccccc2o1. The highest BCUT2D eigenvalue weighted by molar-refractivity contribution is 9.11. The van der Waals surface area contributed by atoms with Crippen LogP contribution in [0.1, 0.15) is 16.1 Å². The Hall–Kier alpha value is -1.39. The molecule has 0 amide bonds. The Morgan fingerprint density at radius 1 is 0.947 bits per heavy atom. The molecule has 0 spiro atoms. The van der Waals surface area contributed by atoms with Crippen LogP contribution in [0, 0.1) is 0 Å². The number of fused-ring (bicyclic) bond motifs is 1. The molecule has 0 aliphatic heterocycles. The number of furan rings is 1. The van der Waals surface area contributed by atoms with Crippen LogP contribution in [-0.2, 0) is 0 Å². The summed E-state index contributed by atoms with van der Waals surface area (Å²) in [5, 5.41) is 0.930. The fraction of sp³-hybridized carbons (Fsp3) is 0. The normalized spacial score (nSPS) is 10.8. The molecule has 3 rings (SSSR count). The van der Waals surface area contributed by atoms with Crippen LogP contribution in [0.15, 0.2) is 61.9 Å². The van der Waals surface area contributed by atoms with Gasteiger partial charge in [-0.25, -0.2) is 0 Å². The lowest BCUT2D eigenvalue weighted by atomic mass is 10.1. The molecule has 2 nitrogen and oxygen atoms in total. The topological polar surface area (TPSA) is 30.2 Å². The van der Waals surface area contributed by atoms with E-state index in [9.17, 15) is 4.79 Å². The first-order valence-electron chi connectivity index (χ1n) is 5.63. The van der Waals surface area contributed by atoms with Crippen molar-refractivity contribution in [3.05, 3.63) is 68.8 Å². The van der Waals surface area contributed by atoms with Gasteiger partial charge in [-0.1, -0.05) is 50.1 Å². The Morgan fingerprint density at radius 2 is 1.63 bits per heavy atom. The molecule has 0 bridgehead atoms. The van der Waals surface area contributed by atoms with Gasteiger partial charge in [0.25, 0.3) is 0 Å². The van der Waals surface area contributed by atoms with E-state index in [1.165, 1.54) is 0 Å². The van der Waals surface area contributed by atoms with Crippen LogP contribution in [-0.4, -0.2) is 5.78 Å². The summed E-state index contributed by atoms with van der Waals surface area (Å²) in [6.45, 7) is 0. The Kier molecular flexibility index (Phi) is 3.29. The van der Waals surface area contributed by atoms with Crippen LogP contribution >= 0.6 is 31.9 Å². The van der Waals surface area contributed by atoms with Gasteiger partial charge >= 0.3 is 0 Å². The summed E-state index contributed by atoms with van der Waals surface area (Å²) < 4.78 is 7.28. The predicted molar refractivity (Wildman–Crippen MR) is 81.5 cm³/mol. The number of carbonyl (C=O) groups is 1. The first-order chi connectivity index (χ1) is 9.13. The number of rotatable bonds is 2. The van der Waals surface area contributed by atoms with Gasteiger partial charge < -0.3 is 4.42 Å². The van der Waals surface area contributed by atoms with E-state index in [-0.39, 0.29) is 5.78 Å². The summed E-state index contributed by atoms with van der Waals surface area (Å²) in [6, 6.07) is 14.8. The molecule has 1 aromatic heterocycles. The van der Waals surface area contributed by atoms with Gasteiger partial charge in [0, 0.05) is 19.9 Å². The molecule has 0 saturated heterocycles. The zero-order valence-corrected chi connectivity index (χ0v) is 12.9. The second-order valence-electron chi connectivity index (χ2n) is 4.14. The van der Waals surface area contributed by atoms with Crippen LogP contribution in [0.2, 0.25) is 0 Å². The second kappa shape index (κ2) is 4.94. The zero-order chi connectivity index (χ0) is 13.4. The van der Waals surface area contributed by atoms with E-state index in [0.717, 1.165) is 19.9 Å². The Morgan fingerprint density at radius 3 is 2.32 bits per heavy atom. The maximum absolute atomic E-state index is 12.4. The van der Waals surface area contributed by atoms with Crippen LogP contribution in [0.25, 0.3) is 11.0 Å². The first-order valence-corrected chi connectivity index (χ1v) is 7.21. The van der Waals surface area contributed by atoms with E-state index >= 15 is 0 Å². The summed E-state index contributed by atoms with van der Waals surface area (Å²) in [5.41, 5.74) is 1.31. The second-order valence-corrected chi connectivity index (χ2v) is 5.97. The summed E-state index contributed by atoms with van der Waals surface area (Å²) >= 11 is 6.75. The van der Waals surface area contributed by atoms with Crippen molar-refractivity contribution in [1.29, 1.82) is 0 Å². The molecule has 1 heterocycles. The number of hydrogen-bond acceptors (Lipinski definition) is 2. The molecule has 3 aromatic rings. The van der Waals surface area contributed by atoms with Crippen molar-refractivity contribution < 1.29 is 9.21 Å². The third-order valence-electron chi connectivity index (χ3n) is 2.77. The van der Waals surface area contributed by atoms with E-state index < -0.39 is 0 Å². The molecule has 19 heavy (non-hydrogen) atoms. The van der Waals surface area contributed by atoms with E-state index in [0.29, 0.717) is 11.3 Å². The fourth-order valence-electron chi connectivity index (χ4n) is 1.92. The molecule has 2 aromatic carbocycles. The summed E-state index contributed by atoms with van der Waals surface area (Å²) in [7, 11) is 0. The van der Waals surface area contributed by atoms with Gasteiger partial charge in [-0.2, -0.15) is 0 Å². The zero-order valence-electron chi connectivity index (χ0n) is 9.69. The average Bonchev–Trinajstić information content (AvgIpc) is 2.80. The van der Waals surface area contributed by atoms with Gasteiger partial charge in [-0.05, 0) is 30.3 Å². The highest BCUT2D eigenvalue weighted by Crippen LogP contribution is 2.25. The molecule has 0 saturated carbocycles. The number of ketones is 1. The van der Waals surface area contributed by atoms with Gasteiger partial charge in [0.05, 0.1) is 0 Å². The standard InChI is InChI=1S/C15H8Br2O2/c16-11-5-10(6-12(17)8-11)15(18)14-7-9-3-1-2-4-13(9)19-14/h1-8H. The molecule has 0 aliphatic rings. The van der Waals surface area contributed by atoms with E-state index in [1.807, 2.05) is 30.3 Å². The summed E-state index contributed by atoms with van der Waals surface area (Å²) in [5.74, 6) is 0.226. The average molecular weight is 380 g/mol. The van der Waals surface area contributed by atoms with E-state index in [4.69, 9.17) is 4.42 Å². The maximum Gasteiger partial charge on any atom is 0.228 e. The van der Waals surface area contributed by atoms with Crippen molar-refractivity contribution in [2.45, 2.75) is 0 Å². The minimum Gasteiger partial charge on any atom is -0.453 e. The van der Waals surface area contributed by atoms with Crippen molar-refractivity contribution >= 4 is 48.6 Å². The smallest absolute Gasteiger partial charge is 0.228 e. The number of para-hydroxylation sites is 1. The highest BCUT2D eigenvalue weighted by atomic mass is 79.9. The molecule has 0 fully saturated rings. The minimum absolute atomic E-state index is 0.127. The lowest BCUT2D eigenvalue weighted by Gasteiger charge is -2.00. The fourth-order valence-corrected chi connectivity index (χ4v) is 3.21. The maximum atomic E-state index is 12.4. The van der Waals surface area contributed by atoms with Crippen molar-refractivity contribution in [2.24, 2.45) is 0 Å². The molecule has 0 aliphatic carbocycles. The quantitative estimate of drug-likeness (QED) is 0.573. The largest absolute Gasteiger partial charge is 0.453 e. The summed E-state index contributed by atoms with van der Waals surface area (Å²) in [6.07, 6.45) is 0. The van der Waals surface area contributed by atoms with Crippen molar-refractivity contribution in [2.75, 3.05) is 0 Å². The third-order valence-corrected chi connectivity index (χ3v) is 3.69. The first kappa shape index (κ1) is 12.6. The molecule has 0 N–H and O–H groups in total. The predicted octanol–water partition coefficient (Wildman–Crippen LogP) is 5.19. The third kappa shape index (κ3) is 2.51. The van der Waals surface area contributed by atoms with Crippen LogP contribution in [0.5, 0.6) is 0 Å². The van der Waals surface area contributed by atoms with Crippen LogP contribution in [0.4, 0.5) is 0 Å². The lowest BCUT2D eigenvalue weighted by molar-refractivity contribution is 0.101. The van der Waals surface area contributed by atoms with Crippen molar-refractivity contribution in [1.82, 2.24) is 0 Å². The Labute approximate surface area is 126 Å². The number of carbonyl (C=O) groups excluding carboxylic acids is 1. The lowest BCUT2D eigenvalue weighted by Crippen LogP contribution is -1.99. The minimum atomic E-state index is -0.127. The van der Waals surface area contributed by atoms with Gasteiger partial charge in [-0.15, -0.1) is 0 Å². The van der Waals surface area contributed by atoms with Crippen LogP contribution < -0.4 is 0 Å².